The second-order valence-corrected chi connectivity index (χ2v) is 3.63. The zero-order chi connectivity index (χ0) is 13.0. The number of hydrogen-bond acceptors (Lipinski definition) is 4. The maximum absolute atomic E-state index is 11.6. The molecule has 0 aliphatic rings. The first-order valence-electron chi connectivity index (χ1n) is 5.28. The monoisotopic (exact) mass is 244 g/mol. The van der Waals surface area contributed by atoms with Gasteiger partial charge in [0.15, 0.2) is 5.69 Å². The van der Waals surface area contributed by atoms with Crippen LogP contribution in [0.3, 0.4) is 0 Å². The Morgan fingerprint density at radius 2 is 2.22 bits per heavy atom. The van der Waals surface area contributed by atoms with Gasteiger partial charge in [-0.25, -0.2) is 5.43 Å². The molecule has 2 N–H and O–H groups in total. The van der Waals surface area contributed by atoms with E-state index in [0.29, 0.717) is 5.56 Å². The molecule has 0 aliphatic carbocycles. The molecule has 2 aromatic rings. The van der Waals surface area contributed by atoms with Gasteiger partial charge in [0.1, 0.15) is 5.75 Å². The normalized spacial score (nSPS) is 10.7. The van der Waals surface area contributed by atoms with Gasteiger partial charge >= 0.3 is 0 Å². The minimum atomic E-state index is -0.401. The number of aryl methyl sites for hydroxylation is 1. The van der Waals surface area contributed by atoms with E-state index in [0.717, 1.165) is 0 Å². The Balaban J connectivity index is 2.00. The molecule has 6 heteroatoms. The number of phenolic OH excluding ortho intramolecular Hbond substituents is 1. The van der Waals surface area contributed by atoms with Gasteiger partial charge in [-0.15, -0.1) is 0 Å². The smallest absolute Gasteiger partial charge is 0.291 e. The molecule has 1 aromatic carbocycles. The highest BCUT2D eigenvalue weighted by Gasteiger charge is 2.06. The van der Waals surface area contributed by atoms with Crippen molar-refractivity contribution in [2.45, 2.75) is 0 Å². The molecule has 0 unspecified atom stereocenters. The molecule has 1 heterocycles. The summed E-state index contributed by atoms with van der Waals surface area (Å²) in [4.78, 5) is 11.6. The van der Waals surface area contributed by atoms with Crippen molar-refractivity contribution < 1.29 is 9.90 Å². The zero-order valence-electron chi connectivity index (χ0n) is 9.74. The van der Waals surface area contributed by atoms with Gasteiger partial charge in [0.2, 0.25) is 0 Å². The van der Waals surface area contributed by atoms with Crippen molar-refractivity contribution in [3.8, 4) is 5.75 Å². The number of rotatable bonds is 3. The van der Waals surface area contributed by atoms with E-state index in [9.17, 15) is 9.90 Å². The molecular weight excluding hydrogens is 232 g/mol. The molecule has 1 amide bonds. The van der Waals surface area contributed by atoms with Crippen LogP contribution in [0.2, 0.25) is 0 Å². The standard InChI is InChI=1S/C12H12N4O2/c1-16-7-6-10(15-16)12(18)14-13-8-9-4-2-3-5-11(9)17/h2-8,17H,1H3,(H,14,18). The number of benzene rings is 1. The number of amides is 1. The lowest BCUT2D eigenvalue weighted by molar-refractivity contribution is 0.0949. The Morgan fingerprint density at radius 3 is 2.89 bits per heavy atom. The van der Waals surface area contributed by atoms with Crippen LogP contribution in [0.4, 0.5) is 0 Å². The van der Waals surface area contributed by atoms with Crippen molar-refractivity contribution in [2.75, 3.05) is 0 Å². The summed E-state index contributed by atoms with van der Waals surface area (Å²) in [5, 5.41) is 17.2. The molecule has 1 aromatic heterocycles. The van der Waals surface area contributed by atoms with Crippen LogP contribution in [0.5, 0.6) is 5.75 Å². The molecule has 0 spiro atoms. The number of aromatic nitrogens is 2. The fourth-order valence-electron chi connectivity index (χ4n) is 1.35. The molecule has 0 saturated carbocycles. The number of nitrogens with one attached hydrogen (secondary N) is 1. The van der Waals surface area contributed by atoms with E-state index >= 15 is 0 Å². The largest absolute Gasteiger partial charge is 0.507 e. The quantitative estimate of drug-likeness (QED) is 0.621. The number of phenols is 1. The minimum Gasteiger partial charge on any atom is -0.507 e. The molecule has 6 nitrogen and oxygen atoms in total. The van der Waals surface area contributed by atoms with E-state index in [1.807, 2.05) is 0 Å². The van der Waals surface area contributed by atoms with Crippen LogP contribution in [0.15, 0.2) is 41.6 Å². The van der Waals surface area contributed by atoms with Crippen molar-refractivity contribution in [1.82, 2.24) is 15.2 Å². The number of para-hydroxylation sites is 1. The van der Waals surface area contributed by atoms with Gasteiger partial charge in [0.05, 0.1) is 6.21 Å². The van der Waals surface area contributed by atoms with Gasteiger partial charge in [-0.1, -0.05) is 12.1 Å². The van der Waals surface area contributed by atoms with Gasteiger partial charge in [-0.05, 0) is 18.2 Å². The molecule has 0 atom stereocenters. The molecule has 0 aliphatic heterocycles. The highest BCUT2D eigenvalue weighted by atomic mass is 16.3. The van der Waals surface area contributed by atoms with Gasteiger partial charge < -0.3 is 5.11 Å². The highest BCUT2D eigenvalue weighted by Crippen LogP contribution is 2.12. The first-order valence-corrected chi connectivity index (χ1v) is 5.28. The SMILES string of the molecule is Cn1ccc(C(=O)NN=Cc2ccccc2O)n1. The van der Waals surface area contributed by atoms with Gasteiger partial charge in [0.25, 0.3) is 5.91 Å². The van der Waals surface area contributed by atoms with Crippen molar-refractivity contribution in [1.29, 1.82) is 0 Å². The summed E-state index contributed by atoms with van der Waals surface area (Å²) in [5.41, 5.74) is 3.14. The van der Waals surface area contributed by atoms with Crippen molar-refractivity contribution >= 4 is 12.1 Å². The summed E-state index contributed by atoms with van der Waals surface area (Å²) in [6, 6.07) is 8.29. The summed E-state index contributed by atoms with van der Waals surface area (Å²) in [5.74, 6) is -0.296. The maximum atomic E-state index is 11.6. The lowest BCUT2D eigenvalue weighted by atomic mass is 10.2. The maximum Gasteiger partial charge on any atom is 0.291 e. The fourth-order valence-corrected chi connectivity index (χ4v) is 1.35. The number of hydrogen-bond donors (Lipinski definition) is 2. The summed E-state index contributed by atoms with van der Waals surface area (Å²) in [6.07, 6.45) is 3.04. The van der Waals surface area contributed by atoms with Crippen LogP contribution in [0.1, 0.15) is 16.1 Å². The Kier molecular flexibility index (Phi) is 3.38. The van der Waals surface area contributed by atoms with Crippen molar-refractivity contribution in [3.05, 3.63) is 47.8 Å². The van der Waals surface area contributed by atoms with E-state index in [4.69, 9.17) is 0 Å². The number of carbonyl (C=O) groups excluding carboxylic acids is 1. The summed E-state index contributed by atoms with van der Waals surface area (Å²) in [6.45, 7) is 0. The third kappa shape index (κ3) is 2.73. The number of nitrogens with zero attached hydrogens (tertiary/aromatic N) is 3. The molecule has 0 fully saturated rings. The Morgan fingerprint density at radius 1 is 1.44 bits per heavy atom. The molecule has 92 valence electrons. The van der Waals surface area contributed by atoms with E-state index in [1.54, 1.807) is 43.6 Å². The number of carbonyl (C=O) groups is 1. The van der Waals surface area contributed by atoms with Gasteiger partial charge in [0, 0.05) is 18.8 Å². The predicted octanol–water partition coefficient (Wildman–Crippen LogP) is 0.890. The van der Waals surface area contributed by atoms with Crippen LogP contribution in [0, 0.1) is 0 Å². The molecule has 0 bridgehead atoms. The van der Waals surface area contributed by atoms with E-state index in [2.05, 4.69) is 15.6 Å². The highest BCUT2D eigenvalue weighted by molar-refractivity contribution is 5.93. The Bertz CT molecular complexity index is 589. The van der Waals surface area contributed by atoms with E-state index < -0.39 is 5.91 Å². The minimum absolute atomic E-state index is 0.105. The number of aromatic hydroxyl groups is 1. The second-order valence-electron chi connectivity index (χ2n) is 3.63. The first-order chi connectivity index (χ1) is 8.66. The third-order valence-corrected chi connectivity index (χ3v) is 2.25. The third-order valence-electron chi connectivity index (χ3n) is 2.25. The molecule has 2 rings (SSSR count). The zero-order valence-corrected chi connectivity index (χ0v) is 9.74. The van der Waals surface area contributed by atoms with Crippen LogP contribution < -0.4 is 5.43 Å². The lowest BCUT2D eigenvalue weighted by Gasteiger charge is -1.97. The average molecular weight is 244 g/mol. The predicted molar refractivity (Wildman–Crippen MR) is 66.4 cm³/mol. The van der Waals surface area contributed by atoms with Crippen molar-refractivity contribution in [3.63, 3.8) is 0 Å². The van der Waals surface area contributed by atoms with Gasteiger partial charge in [-0.2, -0.15) is 10.2 Å². The van der Waals surface area contributed by atoms with Crippen LogP contribution in [0.25, 0.3) is 0 Å². The summed E-state index contributed by atoms with van der Waals surface area (Å²) in [7, 11) is 1.72. The molecular formula is C12H12N4O2. The topological polar surface area (TPSA) is 79.5 Å². The van der Waals surface area contributed by atoms with Crippen molar-refractivity contribution in [2.24, 2.45) is 12.1 Å². The van der Waals surface area contributed by atoms with Crippen LogP contribution >= 0.6 is 0 Å². The summed E-state index contributed by atoms with van der Waals surface area (Å²) >= 11 is 0. The first kappa shape index (κ1) is 11.8. The van der Waals surface area contributed by atoms with E-state index in [-0.39, 0.29) is 11.4 Å². The van der Waals surface area contributed by atoms with E-state index in [1.165, 1.54) is 10.9 Å². The summed E-state index contributed by atoms with van der Waals surface area (Å²) < 4.78 is 1.53. The average Bonchev–Trinajstić information content (AvgIpc) is 2.78. The Labute approximate surface area is 104 Å². The van der Waals surface area contributed by atoms with Crippen LogP contribution in [-0.4, -0.2) is 27.0 Å². The van der Waals surface area contributed by atoms with Crippen LogP contribution in [-0.2, 0) is 7.05 Å². The fraction of sp³-hybridized carbons (Fsp3) is 0.0833. The second kappa shape index (κ2) is 5.13. The molecule has 18 heavy (non-hydrogen) atoms. The Hall–Kier alpha value is -2.63. The lowest BCUT2D eigenvalue weighted by Crippen LogP contribution is -2.18. The number of hydrazone groups is 1. The van der Waals surface area contributed by atoms with Gasteiger partial charge in [-0.3, -0.25) is 9.48 Å². The molecule has 0 radical (unpaired) electrons. The molecule has 0 saturated heterocycles.